The molecule has 3 rings (SSSR count). The van der Waals surface area contributed by atoms with E-state index < -0.39 is 28.5 Å². The van der Waals surface area contributed by atoms with Crippen molar-refractivity contribution in [3.8, 4) is 5.75 Å². The van der Waals surface area contributed by atoms with Gasteiger partial charge in [-0.15, -0.1) is 0 Å². The third-order valence-electron chi connectivity index (χ3n) is 5.80. The highest BCUT2D eigenvalue weighted by molar-refractivity contribution is 9.10. The Morgan fingerprint density at radius 1 is 0.973 bits per heavy atom. The average Bonchev–Trinajstić information content (AvgIpc) is 2.88. The van der Waals surface area contributed by atoms with Crippen molar-refractivity contribution in [1.29, 1.82) is 0 Å². The summed E-state index contributed by atoms with van der Waals surface area (Å²) >= 11 is 3.45. The van der Waals surface area contributed by atoms with Gasteiger partial charge in [0.15, 0.2) is 0 Å². The molecule has 0 saturated carbocycles. The van der Waals surface area contributed by atoms with Crippen molar-refractivity contribution in [3.63, 3.8) is 0 Å². The number of benzene rings is 3. The number of hydrogen-bond donors (Lipinski definition) is 1. The molecular weight excluding hydrogens is 558 g/mol. The van der Waals surface area contributed by atoms with Gasteiger partial charge < -0.3 is 15.0 Å². The van der Waals surface area contributed by atoms with Crippen molar-refractivity contribution in [1.82, 2.24) is 10.2 Å². The fourth-order valence-electron chi connectivity index (χ4n) is 3.91. The van der Waals surface area contributed by atoms with Crippen molar-refractivity contribution >= 4 is 43.5 Å². The van der Waals surface area contributed by atoms with Gasteiger partial charge in [0.25, 0.3) is 0 Å². The molecule has 3 aromatic rings. The van der Waals surface area contributed by atoms with E-state index in [1.165, 1.54) is 19.1 Å². The average molecular weight is 589 g/mol. The molecule has 0 aromatic heterocycles. The van der Waals surface area contributed by atoms with E-state index in [-0.39, 0.29) is 18.9 Å². The third-order valence-corrected chi connectivity index (χ3v) is 7.43. The van der Waals surface area contributed by atoms with Crippen LogP contribution in [0.25, 0.3) is 0 Å². The summed E-state index contributed by atoms with van der Waals surface area (Å²) in [4.78, 5) is 28.4. The van der Waals surface area contributed by atoms with Gasteiger partial charge in [-0.1, -0.05) is 58.4 Å². The summed E-state index contributed by atoms with van der Waals surface area (Å²) in [6.07, 6.45) is 1.31. The first-order valence-corrected chi connectivity index (χ1v) is 14.2. The summed E-state index contributed by atoms with van der Waals surface area (Å²) in [6, 6.07) is 22.3. The normalized spacial score (nSPS) is 11.9. The molecule has 0 bridgehead atoms. The highest BCUT2D eigenvalue weighted by atomic mass is 79.9. The van der Waals surface area contributed by atoms with E-state index >= 15 is 0 Å². The van der Waals surface area contributed by atoms with Crippen LogP contribution in [-0.2, 0) is 32.6 Å². The molecule has 3 aromatic carbocycles. The van der Waals surface area contributed by atoms with E-state index in [4.69, 9.17) is 4.74 Å². The number of anilines is 1. The minimum absolute atomic E-state index is 0.114. The van der Waals surface area contributed by atoms with Crippen LogP contribution in [0.5, 0.6) is 5.75 Å². The number of likely N-dealkylation sites (N-methyl/N-ethyl adjacent to an activating group) is 1. The molecule has 0 aliphatic carbocycles. The number of carbonyl (C=O) groups excluding carboxylic acids is 2. The zero-order chi connectivity index (χ0) is 27.0. The second kappa shape index (κ2) is 12.7. The number of rotatable bonds is 11. The molecule has 0 radical (unpaired) electrons. The molecule has 0 aliphatic heterocycles. The van der Waals surface area contributed by atoms with Crippen molar-refractivity contribution < 1.29 is 22.7 Å². The maximum Gasteiger partial charge on any atom is 0.244 e. The first kappa shape index (κ1) is 28.2. The van der Waals surface area contributed by atoms with E-state index in [9.17, 15) is 18.0 Å². The predicted molar refractivity (Wildman–Crippen MR) is 148 cm³/mol. The smallest absolute Gasteiger partial charge is 0.244 e. The predicted octanol–water partition coefficient (Wildman–Crippen LogP) is 3.61. The molecular formula is C27H30BrN3O5S. The second-order valence-electron chi connectivity index (χ2n) is 8.44. The highest BCUT2D eigenvalue weighted by Gasteiger charge is 2.32. The number of ether oxygens (including phenoxy) is 1. The van der Waals surface area contributed by atoms with Crippen LogP contribution in [0.4, 0.5) is 5.69 Å². The van der Waals surface area contributed by atoms with Crippen molar-refractivity contribution in [2.75, 3.05) is 31.3 Å². The van der Waals surface area contributed by atoms with Crippen molar-refractivity contribution in [2.45, 2.75) is 19.0 Å². The highest BCUT2D eigenvalue weighted by Crippen LogP contribution is 2.23. The fourth-order valence-corrected chi connectivity index (χ4v) is 5.21. The van der Waals surface area contributed by atoms with E-state index in [0.717, 1.165) is 26.2 Å². The SMILES string of the molecule is CNC(=O)[C@@H](Cc1ccccc1)N(Cc1cccc(Br)c1)C(=O)CN(c1ccc(OC)cc1)S(C)(=O)=O. The number of methoxy groups -OCH3 is 1. The van der Waals surface area contributed by atoms with Gasteiger partial charge in [0.05, 0.1) is 19.1 Å². The molecule has 1 atom stereocenters. The Morgan fingerprint density at radius 2 is 1.62 bits per heavy atom. The lowest BCUT2D eigenvalue weighted by atomic mass is 10.0. The molecule has 196 valence electrons. The Bertz CT molecular complexity index is 1320. The number of sulfonamides is 1. The standard InChI is InChI=1S/C27H30BrN3O5S/c1-29-27(33)25(17-20-8-5-4-6-9-20)30(18-21-10-7-11-22(28)16-21)26(32)19-31(37(3,34)35)23-12-14-24(36-2)15-13-23/h4-16,25H,17-19H2,1-3H3,(H,29,33)/t25-/m1/s1. The zero-order valence-electron chi connectivity index (χ0n) is 20.9. The summed E-state index contributed by atoms with van der Waals surface area (Å²) in [7, 11) is -0.791. The fraction of sp³-hybridized carbons (Fsp3) is 0.259. The third kappa shape index (κ3) is 7.80. The van der Waals surface area contributed by atoms with Crippen LogP contribution >= 0.6 is 15.9 Å². The van der Waals surface area contributed by atoms with Crippen LogP contribution < -0.4 is 14.4 Å². The van der Waals surface area contributed by atoms with Gasteiger partial charge in [0, 0.05) is 24.5 Å². The molecule has 10 heteroatoms. The Labute approximate surface area is 226 Å². The van der Waals surface area contributed by atoms with Crippen molar-refractivity contribution in [2.24, 2.45) is 0 Å². The van der Waals surface area contributed by atoms with Crippen LogP contribution in [0.15, 0.2) is 83.3 Å². The molecule has 1 N–H and O–H groups in total. The molecule has 8 nitrogen and oxygen atoms in total. The molecule has 0 heterocycles. The second-order valence-corrected chi connectivity index (χ2v) is 11.3. The van der Waals surface area contributed by atoms with Crippen molar-refractivity contribution in [3.05, 3.63) is 94.5 Å². The topological polar surface area (TPSA) is 96.0 Å². The minimum atomic E-state index is -3.82. The van der Waals surface area contributed by atoms with E-state index in [0.29, 0.717) is 11.4 Å². The zero-order valence-corrected chi connectivity index (χ0v) is 23.3. The molecule has 0 aliphatic rings. The largest absolute Gasteiger partial charge is 0.497 e. The Balaban J connectivity index is 2.01. The van der Waals surface area contributed by atoms with Gasteiger partial charge in [-0.25, -0.2) is 8.42 Å². The van der Waals surface area contributed by atoms with Gasteiger partial charge in [-0.2, -0.15) is 0 Å². The summed E-state index contributed by atoms with van der Waals surface area (Å²) in [5.74, 6) is -0.296. The number of nitrogens with one attached hydrogen (secondary N) is 1. The van der Waals surface area contributed by atoms with E-state index in [1.807, 2.05) is 54.6 Å². The Hall–Kier alpha value is -3.37. The number of carbonyl (C=O) groups is 2. The van der Waals surface area contributed by atoms with Crippen LogP contribution in [0.1, 0.15) is 11.1 Å². The van der Waals surface area contributed by atoms with Crippen LogP contribution in [0, 0.1) is 0 Å². The Morgan fingerprint density at radius 3 is 2.19 bits per heavy atom. The summed E-state index contributed by atoms with van der Waals surface area (Å²) in [5, 5.41) is 2.66. The van der Waals surface area contributed by atoms with Gasteiger partial charge in [0.1, 0.15) is 18.3 Å². The molecule has 2 amide bonds. The lowest BCUT2D eigenvalue weighted by Gasteiger charge is -2.33. The summed E-state index contributed by atoms with van der Waals surface area (Å²) < 4.78 is 32.5. The van der Waals surface area contributed by atoms with Gasteiger partial charge >= 0.3 is 0 Å². The molecule has 0 saturated heterocycles. The summed E-state index contributed by atoms with van der Waals surface area (Å²) in [6.45, 7) is -0.356. The van der Waals surface area contributed by atoms with Crippen LogP contribution in [-0.4, -0.2) is 58.1 Å². The number of amides is 2. The minimum Gasteiger partial charge on any atom is -0.497 e. The molecule has 0 spiro atoms. The first-order chi connectivity index (χ1) is 17.6. The molecule has 0 unspecified atom stereocenters. The number of nitrogens with zero attached hydrogens (tertiary/aromatic N) is 2. The number of halogens is 1. The van der Waals surface area contributed by atoms with Crippen LogP contribution in [0.3, 0.4) is 0 Å². The number of hydrogen-bond acceptors (Lipinski definition) is 5. The molecule has 0 fully saturated rings. The van der Waals surface area contributed by atoms with Gasteiger partial charge in [-0.3, -0.25) is 13.9 Å². The van der Waals surface area contributed by atoms with E-state index in [2.05, 4.69) is 21.2 Å². The quantitative estimate of drug-likeness (QED) is 0.370. The maximum atomic E-state index is 13.8. The monoisotopic (exact) mass is 587 g/mol. The van der Waals surface area contributed by atoms with Gasteiger partial charge in [0.2, 0.25) is 21.8 Å². The van der Waals surface area contributed by atoms with Crippen LogP contribution in [0.2, 0.25) is 0 Å². The van der Waals surface area contributed by atoms with Gasteiger partial charge in [-0.05, 0) is 47.5 Å². The summed E-state index contributed by atoms with van der Waals surface area (Å²) in [5.41, 5.74) is 1.98. The Kier molecular flexibility index (Phi) is 9.71. The lowest BCUT2D eigenvalue weighted by Crippen LogP contribution is -2.52. The van der Waals surface area contributed by atoms with E-state index in [1.54, 1.807) is 24.3 Å². The maximum absolute atomic E-state index is 13.8. The molecule has 37 heavy (non-hydrogen) atoms. The first-order valence-electron chi connectivity index (χ1n) is 11.5. The lowest BCUT2D eigenvalue weighted by molar-refractivity contribution is -0.139.